The summed E-state index contributed by atoms with van der Waals surface area (Å²) in [4.78, 5) is 36.1. The number of halogens is 1. The number of benzene rings is 2. The first-order valence-corrected chi connectivity index (χ1v) is 11.3. The fourth-order valence-corrected chi connectivity index (χ4v) is 4.93. The number of carbonyl (C=O) groups excluding carboxylic acids is 2. The molecule has 1 atom stereocenters. The highest BCUT2D eigenvalue weighted by molar-refractivity contribution is 7.22. The Balaban J connectivity index is 1.67. The van der Waals surface area contributed by atoms with Gasteiger partial charge in [0, 0.05) is 18.0 Å². The van der Waals surface area contributed by atoms with Gasteiger partial charge in [-0.1, -0.05) is 11.3 Å². The molecular weight excluding hydrogens is 457 g/mol. The summed E-state index contributed by atoms with van der Waals surface area (Å²) in [6, 6.07) is 13.1. The summed E-state index contributed by atoms with van der Waals surface area (Å²) in [6.45, 7) is 2.35. The molecule has 1 N–H and O–H groups in total. The molecule has 7 nitrogen and oxygen atoms in total. The number of ketones is 1. The number of ether oxygens (including phenoxy) is 1. The predicted octanol–water partition coefficient (Wildman–Crippen LogP) is 4.86. The third kappa shape index (κ3) is 3.69. The Bertz CT molecular complexity index is 1430. The van der Waals surface area contributed by atoms with E-state index < -0.39 is 23.5 Å². The number of fused-ring (bicyclic) bond motifs is 1. The lowest BCUT2D eigenvalue weighted by Crippen LogP contribution is -2.29. The zero-order valence-corrected chi connectivity index (χ0v) is 18.8. The fourth-order valence-electron chi connectivity index (χ4n) is 3.91. The van der Waals surface area contributed by atoms with Gasteiger partial charge >= 0.3 is 5.91 Å². The van der Waals surface area contributed by atoms with Gasteiger partial charge in [-0.25, -0.2) is 9.37 Å². The van der Waals surface area contributed by atoms with Gasteiger partial charge in [0.15, 0.2) is 5.13 Å². The van der Waals surface area contributed by atoms with Crippen LogP contribution in [0.15, 0.2) is 72.6 Å². The Morgan fingerprint density at radius 1 is 1.12 bits per heavy atom. The highest BCUT2D eigenvalue weighted by Crippen LogP contribution is 2.44. The number of rotatable bonds is 5. The van der Waals surface area contributed by atoms with Crippen LogP contribution in [0.3, 0.4) is 0 Å². The number of aromatic nitrogens is 2. The molecule has 0 saturated carbocycles. The Labute approximate surface area is 197 Å². The van der Waals surface area contributed by atoms with Gasteiger partial charge in [0.2, 0.25) is 0 Å². The molecule has 1 aliphatic heterocycles. The molecule has 2 aromatic carbocycles. The normalized spacial score (nSPS) is 17.5. The van der Waals surface area contributed by atoms with Crippen molar-refractivity contribution in [2.75, 3.05) is 11.5 Å². The van der Waals surface area contributed by atoms with Crippen LogP contribution in [0.5, 0.6) is 5.75 Å². The Kier molecular flexibility index (Phi) is 5.54. The van der Waals surface area contributed by atoms with Crippen LogP contribution in [0.25, 0.3) is 16.0 Å². The lowest BCUT2D eigenvalue weighted by atomic mass is 9.96. The van der Waals surface area contributed by atoms with Crippen molar-refractivity contribution in [2.45, 2.75) is 13.0 Å². The average molecular weight is 476 g/mol. The van der Waals surface area contributed by atoms with E-state index in [-0.39, 0.29) is 16.5 Å². The van der Waals surface area contributed by atoms with Crippen molar-refractivity contribution in [1.82, 2.24) is 9.97 Å². The van der Waals surface area contributed by atoms with E-state index in [1.165, 1.54) is 23.1 Å². The maximum atomic E-state index is 13.7. The van der Waals surface area contributed by atoms with Crippen molar-refractivity contribution in [1.29, 1.82) is 0 Å². The Morgan fingerprint density at radius 2 is 1.85 bits per heavy atom. The van der Waals surface area contributed by atoms with Crippen LogP contribution in [0, 0.1) is 5.82 Å². The summed E-state index contributed by atoms with van der Waals surface area (Å²) in [5, 5.41) is 11.4. The van der Waals surface area contributed by atoms with Crippen LogP contribution < -0.4 is 9.64 Å². The molecule has 3 heterocycles. The number of carbonyl (C=O) groups is 2. The van der Waals surface area contributed by atoms with Crippen molar-refractivity contribution in [3.63, 3.8) is 0 Å². The molecule has 170 valence electrons. The minimum atomic E-state index is -0.931. The molecule has 34 heavy (non-hydrogen) atoms. The number of pyridine rings is 1. The van der Waals surface area contributed by atoms with Crippen molar-refractivity contribution in [2.24, 2.45) is 0 Å². The van der Waals surface area contributed by atoms with E-state index in [9.17, 15) is 19.1 Å². The molecule has 0 aliphatic carbocycles. The Morgan fingerprint density at radius 3 is 2.56 bits per heavy atom. The topological polar surface area (TPSA) is 92.6 Å². The second-order valence-electron chi connectivity index (χ2n) is 7.52. The highest BCUT2D eigenvalue weighted by atomic mass is 32.1. The monoisotopic (exact) mass is 475 g/mol. The third-order valence-electron chi connectivity index (χ3n) is 5.45. The largest absolute Gasteiger partial charge is 0.507 e. The van der Waals surface area contributed by atoms with Crippen LogP contribution in [-0.4, -0.2) is 33.4 Å². The van der Waals surface area contributed by atoms with Crippen LogP contribution in [0.2, 0.25) is 0 Å². The molecule has 0 spiro atoms. The molecule has 0 radical (unpaired) electrons. The molecule has 1 aliphatic rings. The Hall–Kier alpha value is -4.11. The van der Waals surface area contributed by atoms with Crippen LogP contribution in [-0.2, 0) is 9.59 Å². The molecule has 2 aromatic heterocycles. The van der Waals surface area contributed by atoms with Crippen molar-refractivity contribution >= 4 is 44.1 Å². The molecule has 1 saturated heterocycles. The summed E-state index contributed by atoms with van der Waals surface area (Å²) >= 11 is 1.10. The second kappa shape index (κ2) is 8.68. The quantitative estimate of drug-likeness (QED) is 0.252. The molecule has 4 aromatic rings. The van der Waals surface area contributed by atoms with Crippen LogP contribution in [0.4, 0.5) is 9.52 Å². The van der Waals surface area contributed by atoms with Gasteiger partial charge in [-0.05, 0) is 67.1 Å². The summed E-state index contributed by atoms with van der Waals surface area (Å²) < 4.78 is 19.7. The van der Waals surface area contributed by atoms with Crippen molar-refractivity contribution < 1.29 is 23.8 Å². The molecule has 0 bridgehead atoms. The van der Waals surface area contributed by atoms with Gasteiger partial charge in [-0.2, -0.15) is 0 Å². The molecule has 1 unspecified atom stereocenters. The van der Waals surface area contributed by atoms with E-state index in [4.69, 9.17) is 4.74 Å². The zero-order valence-electron chi connectivity index (χ0n) is 17.9. The lowest BCUT2D eigenvalue weighted by molar-refractivity contribution is -0.132. The first-order valence-electron chi connectivity index (χ1n) is 10.5. The smallest absolute Gasteiger partial charge is 0.301 e. The number of amides is 1. The van der Waals surface area contributed by atoms with Gasteiger partial charge in [0.1, 0.15) is 17.3 Å². The first kappa shape index (κ1) is 21.7. The van der Waals surface area contributed by atoms with E-state index in [0.29, 0.717) is 33.7 Å². The van der Waals surface area contributed by atoms with Gasteiger partial charge < -0.3 is 9.84 Å². The standard InChI is InChI=1S/C25H18FN3O4S/c1-2-33-17-6-3-15(4-7-17)22(30)20-21(14-9-11-27-12-10-14)29(24(32)23(20)31)25-28-18-8-5-16(26)13-19(18)34-25/h3-13,21,30H,2H2,1H3/b22-20+. The summed E-state index contributed by atoms with van der Waals surface area (Å²) in [5.41, 5.74) is 1.38. The second-order valence-corrected chi connectivity index (χ2v) is 8.52. The number of hydrogen-bond acceptors (Lipinski definition) is 7. The summed E-state index contributed by atoms with van der Waals surface area (Å²) in [5.74, 6) is -1.77. The maximum absolute atomic E-state index is 13.7. The van der Waals surface area contributed by atoms with E-state index in [0.717, 1.165) is 11.3 Å². The van der Waals surface area contributed by atoms with E-state index in [1.54, 1.807) is 48.8 Å². The summed E-state index contributed by atoms with van der Waals surface area (Å²) in [6.07, 6.45) is 3.08. The number of hydrogen-bond donors (Lipinski definition) is 1. The third-order valence-corrected chi connectivity index (χ3v) is 6.47. The SMILES string of the molecule is CCOc1ccc(/C(O)=C2\C(=O)C(=O)N(c3nc4ccc(F)cc4s3)C2c2ccncc2)cc1. The average Bonchev–Trinajstić information content (AvgIpc) is 3.37. The van der Waals surface area contributed by atoms with E-state index in [2.05, 4.69) is 9.97 Å². The fraction of sp³-hybridized carbons (Fsp3) is 0.120. The van der Waals surface area contributed by atoms with Crippen molar-refractivity contribution in [3.8, 4) is 5.75 Å². The number of thiazole rings is 1. The lowest BCUT2D eigenvalue weighted by Gasteiger charge is -2.22. The predicted molar refractivity (Wildman–Crippen MR) is 126 cm³/mol. The first-order chi connectivity index (χ1) is 16.5. The number of Topliss-reactive ketones (excluding diaryl/α,β-unsaturated/α-hetero) is 1. The number of nitrogens with zero attached hydrogens (tertiary/aromatic N) is 3. The highest BCUT2D eigenvalue weighted by Gasteiger charge is 2.48. The molecular formula is C25H18FN3O4S. The molecule has 1 fully saturated rings. The molecule has 5 rings (SSSR count). The van der Waals surface area contributed by atoms with Gasteiger partial charge in [0.25, 0.3) is 5.78 Å². The molecule has 9 heteroatoms. The minimum absolute atomic E-state index is 0.0641. The summed E-state index contributed by atoms with van der Waals surface area (Å²) in [7, 11) is 0. The molecule has 1 amide bonds. The minimum Gasteiger partial charge on any atom is -0.507 e. The zero-order chi connectivity index (χ0) is 23.8. The van der Waals surface area contributed by atoms with Gasteiger partial charge in [-0.15, -0.1) is 0 Å². The van der Waals surface area contributed by atoms with Crippen LogP contribution >= 0.6 is 11.3 Å². The van der Waals surface area contributed by atoms with E-state index in [1.807, 2.05) is 6.92 Å². The van der Waals surface area contributed by atoms with Gasteiger partial charge in [-0.3, -0.25) is 19.5 Å². The van der Waals surface area contributed by atoms with E-state index >= 15 is 0 Å². The number of anilines is 1. The number of aliphatic hydroxyl groups is 1. The van der Waals surface area contributed by atoms with Crippen LogP contribution in [0.1, 0.15) is 24.1 Å². The number of aliphatic hydroxyl groups excluding tert-OH is 1. The maximum Gasteiger partial charge on any atom is 0.301 e. The van der Waals surface area contributed by atoms with Gasteiger partial charge in [0.05, 0.1) is 28.4 Å². The van der Waals surface area contributed by atoms with Crippen molar-refractivity contribution in [3.05, 3.63) is 89.5 Å².